The summed E-state index contributed by atoms with van der Waals surface area (Å²) in [6.45, 7) is 0. The van der Waals surface area contributed by atoms with Gasteiger partial charge in [0.15, 0.2) is 5.82 Å². The molecule has 0 atom stereocenters. The van der Waals surface area contributed by atoms with E-state index in [4.69, 9.17) is 0 Å². The Bertz CT molecular complexity index is 1480. The van der Waals surface area contributed by atoms with Gasteiger partial charge >= 0.3 is 0 Å². The van der Waals surface area contributed by atoms with Gasteiger partial charge in [0.05, 0.1) is 0 Å². The SMILES string of the molecule is c1cc(-c2ccc(-c3cc(-c4ccc(-c5ccncc5)cc4)cc(-c4ncncn4)c3)cc2)ccn1. The Morgan fingerprint density at radius 2 is 0.639 bits per heavy atom. The van der Waals surface area contributed by atoms with Gasteiger partial charge in [-0.25, -0.2) is 15.0 Å². The van der Waals surface area contributed by atoms with Crippen molar-refractivity contribution < 1.29 is 0 Å². The van der Waals surface area contributed by atoms with Crippen LogP contribution >= 0.6 is 0 Å². The summed E-state index contributed by atoms with van der Waals surface area (Å²) in [6, 6.07) is 31.7. The maximum atomic E-state index is 4.39. The largest absolute Gasteiger partial charge is 0.265 e. The molecule has 0 N–H and O–H groups in total. The Morgan fingerprint density at radius 1 is 0.306 bits per heavy atom. The third-order valence-electron chi connectivity index (χ3n) is 6.15. The third-order valence-corrected chi connectivity index (χ3v) is 6.15. The normalized spacial score (nSPS) is 10.8. The summed E-state index contributed by atoms with van der Waals surface area (Å²) in [6.07, 6.45) is 10.3. The lowest BCUT2D eigenvalue weighted by molar-refractivity contribution is 1.06. The monoisotopic (exact) mass is 463 g/mol. The molecule has 6 rings (SSSR count). The molecule has 0 saturated carbocycles. The van der Waals surface area contributed by atoms with Crippen LogP contribution in [0.2, 0.25) is 0 Å². The number of hydrogen-bond acceptors (Lipinski definition) is 5. The van der Waals surface area contributed by atoms with E-state index >= 15 is 0 Å². The summed E-state index contributed by atoms with van der Waals surface area (Å²) >= 11 is 0. The van der Waals surface area contributed by atoms with Gasteiger partial charge in [-0.05, 0) is 87.0 Å². The van der Waals surface area contributed by atoms with E-state index in [1.54, 1.807) is 0 Å². The smallest absolute Gasteiger partial charge is 0.162 e. The van der Waals surface area contributed by atoms with Gasteiger partial charge in [-0.15, -0.1) is 0 Å². The van der Waals surface area contributed by atoms with Gasteiger partial charge in [0, 0.05) is 30.4 Å². The van der Waals surface area contributed by atoms with Gasteiger partial charge in [0.1, 0.15) is 12.7 Å². The Hall–Kier alpha value is -5.03. The van der Waals surface area contributed by atoms with Gasteiger partial charge in [0.2, 0.25) is 0 Å². The van der Waals surface area contributed by atoms with Crippen LogP contribution in [0.5, 0.6) is 0 Å². The predicted molar refractivity (Wildman–Crippen MR) is 143 cm³/mol. The molecule has 5 nitrogen and oxygen atoms in total. The maximum Gasteiger partial charge on any atom is 0.162 e. The zero-order chi connectivity index (χ0) is 24.2. The van der Waals surface area contributed by atoms with Gasteiger partial charge in [-0.2, -0.15) is 0 Å². The van der Waals surface area contributed by atoms with Crippen LogP contribution in [0.25, 0.3) is 55.9 Å². The van der Waals surface area contributed by atoms with E-state index in [1.165, 1.54) is 12.7 Å². The molecule has 5 heteroatoms. The number of hydrogen-bond donors (Lipinski definition) is 0. The third kappa shape index (κ3) is 4.50. The number of aromatic nitrogens is 5. The van der Waals surface area contributed by atoms with Crippen molar-refractivity contribution in [2.24, 2.45) is 0 Å². The lowest BCUT2D eigenvalue weighted by Crippen LogP contribution is -1.91. The summed E-state index contributed by atoms with van der Waals surface area (Å²) in [5.74, 6) is 0.648. The summed E-state index contributed by atoms with van der Waals surface area (Å²) in [4.78, 5) is 21.0. The number of pyridine rings is 2. The summed E-state index contributed by atoms with van der Waals surface area (Å²) in [5.41, 5.74) is 9.99. The molecule has 6 aromatic rings. The minimum absolute atomic E-state index is 0.648. The fraction of sp³-hybridized carbons (Fsp3) is 0. The first-order chi connectivity index (χ1) is 17.8. The van der Waals surface area contributed by atoms with E-state index in [0.717, 1.165) is 50.1 Å². The first-order valence-corrected chi connectivity index (χ1v) is 11.6. The van der Waals surface area contributed by atoms with Crippen LogP contribution in [0, 0.1) is 0 Å². The molecule has 0 amide bonds. The zero-order valence-electron chi connectivity index (χ0n) is 19.4. The van der Waals surface area contributed by atoms with Crippen LogP contribution in [0.4, 0.5) is 0 Å². The first kappa shape index (κ1) is 21.5. The lowest BCUT2D eigenvalue weighted by atomic mass is 9.94. The van der Waals surface area contributed by atoms with E-state index in [9.17, 15) is 0 Å². The van der Waals surface area contributed by atoms with Gasteiger partial charge in [0.25, 0.3) is 0 Å². The quantitative estimate of drug-likeness (QED) is 0.275. The molecule has 0 fully saturated rings. The molecular formula is C31H21N5. The maximum absolute atomic E-state index is 4.39. The highest BCUT2D eigenvalue weighted by Gasteiger charge is 2.10. The summed E-state index contributed by atoms with van der Waals surface area (Å²) in [5, 5.41) is 0. The molecule has 36 heavy (non-hydrogen) atoms. The average molecular weight is 464 g/mol. The number of rotatable bonds is 5. The highest BCUT2D eigenvalue weighted by atomic mass is 15.0. The van der Waals surface area contributed by atoms with E-state index < -0.39 is 0 Å². The van der Waals surface area contributed by atoms with Crippen LogP contribution in [-0.2, 0) is 0 Å². The molecular weight excluding hydrogens is 442 g/mol. The molecule has 0 saturated heterocycles. The van der Waals surface area contributed by atoms with Gasteiger partial charge in [-0.3, -0.25) is 9.97 Å². The van der Waals surface area contributed by atoms with Crippen LogP contribution in [0.1, 0.15) is 0 Å². The predicted octanol–water partition coefficient (Wildman–Crippen LogP) is 7.00. The second-order valence-corrected chi connectivity index (χ2v) is 8.39. The summed E-state index contributed by atoms with van der Waals surface area (Å²) in [7, 11) is 0. The molecule has 0 bridgehead atoms. The molecule has 0 aliphatic heterocycles. The van der Waals surface area contributed by atoms with Gasteiger partial charge < -0.3 is 0 Å². The van der Waals surface area contributed by atoms with Crippen LogP contribution in [-0.4, -0.2) is 24.9 Å². The highest BCUT2D eigenvalue weighted by Crippen LogP contribution is 2.33. The molecule has 3 heterocycles. The second kappa shape index (κ2) is 9.68. The highest BCUT2D eigenvalue weighted by molar-refractivity contribution is 5.81. The molecule has 0 spiro atoms. The fourth-order valence-electron chi connectivity index (χ4n) is 4.28. The minimum atomic E-state index is 0.648. The van der Waals surface area contributed by atoms with Crippen molar-refractivity contribution in [2.75, 3.05) is 0 Å². The van der Waals surface area contributed by atoms with Crippen molar-refractivity contribution in [2.45, 2.75) is 0 Å². The van der Waals surface area contributed by atoms with E-state index in [-0.39, 0.29) is 0 Å². The van der Waals surface area contributed by atoms with Crippen LogP contribution in [0.15, 0.2) is 128 Å². The van der Waals surface area contributed by atoms with Crippen molar-refractivity contribution in [3.8, 4) is 55.9 Å². The minimum Gasteiger partial charge on any atom is -0.265 e. The molecule has 0 radical (unpaired) electrons. The van der Waals surface area contributed by atoms with Crippen molar-refractivity contribution in [3.05, 3.63) is 128 Å². The van der Waals surface area contributed by atoms with Crippen LogP contribution in [0.3, 0.4) is 0 Å². The Morgan fingerprint density at radius 3 is 1.06 bits per heavy atom. The lowest BCUT2D eigenvalue weighted by Gasteiger charge is -2.11. The van der Waals surface area contributed by atoms with Crippen molar-refractivity contribution in [3.63, 3.8) is 0 Å². The Labute approximate surface area is 209 Å². The van der Waals surface area contributed by atoms with E-state index in [1.807, 2.05) is 49.1 Å². The van der Waals surface area contributed by atoms with Gasteiger partial charge in [-0.1, -0.05) is 48.5 Å². The summed E-state index contributed by atoms with van der Waals surface area (Å²) < 4.78 is 0. The Balaban J connectivity index is 1.41. The van der Waals surface area contributed by atoms with E-state index in [0.29, 0.717) is 5.82 Å². The second-order valence-electron chi connectivity index (χ2n) is 8.39. The topological polar surface area (TPSA) is 64.5 Å². The fourth-order valence-corrected chi connectivity index (χ4v) is 4.28. The molecule has 0 unspecified atom stereocenters. The van der Waals surface area contributed by atoms with Crippen LogP contribution < -0.4 is 0 Å². The van der Waals surface area contributed by atoms with E-state index in [2.05, 4.69) is 91.6 Å². The molecule has 3 aromatic carbocycles. The molecule has 170 valence electrons. The zero-order valence-corrected chi connectivity index (χ0v) is 19.4. The molecule has 0 aliphatic rings. The van der Waals surface area contributed by atoms with Crippen molar-refractivity contribution in [1.29, 1.82) is 0 Å². The number of benzene rings is 3. The van der Waals surface area contributed by atoms with Crippen molar-refractivity contribution in [1.82, 2.24) is 24.9 Å². The number of nitrogens with zero attached hydrogens (tertiary/aromatic N) is 5. The standard InChI is InChI=1S/C31H21N5/c1-5-24(6-2-22(1)26-9-13-32-14-10-26)28-17-29(19-30(18-28)31-35-20-34-21-36-31)25-7-3-23(4-8-25)27-11-15-33-16-12-27/h1-21H. The molecule has 3 aromatic heterocycles. The average Bonchev–Trinajstić information content (AvgIpc) is 2.98. The Kier molecular flexibility index (Phi) is 5.78. The molecule has 0 aliphatic carbocycles. The van der Waals surface area contributed by atoms with Crippen molar-refractivity contribution >= 4 is 0 Å². The first-order valence-electron chi connectivity index (χ1n) is 11.6.